The number of hydrogen-bond donors (Lipinski definition) is 1. The van der Waals surface area contributed by atoms with Gasteiger partial charge in [0.1, 0.15) is 6.10 Å². The third-order valence-corrected chi connectivity index (χ3v) is 4.36. The Morgan fingerprint density at radius 2 is 2.05 bits per heavy atom. The molecule has 0 unspecified atom stereocenters. The standard InChI is InChI=1S/C15H22O3S/c1-17-15-11-12(3-2-8-16)4-5-14(15)18-13-6-9-19-10-7-13/h4-5,11,13,16H,2-3,6-10H2,1H3. The third kappa shape index (κ3) is 4.32. The smallest absolute Gasteiger partial charge is 0.161 e. The molecule has 0 aromatic heterocycles. The SMILES string of the molecule is COc1cc(CCCO)ccc1OC1CCSCC1. The molecule has 0 radical (unpaired) electrons. The normalized spacial score (nSPS) is 16.3. The Balaban J connectivity index is 2.02. The fourth-order valence-corrected chi connectivity index (χ4v) is 3.28. The Morgan fingerprint density at radius 3 is 2.74 bits per heavy atom. The lowest BCUT2D eigenvalue weighted by Crippen LogP contribution is -2.22. The van der Waals surface area contributed by atoms with Gasteiger partial charge in [0, 0.05) is 6.61 Å². The van der Waals surface area contributed by atoms with Crippen LogP contribution >= 0.6 is 11.8 Å². The summed E-state index contributed by atoms with van der Waals surface area (Å²) in [6, 6.07) is 6.07. The van der Waals surface area contributed by atoms with Gasteiger partial charge in [0.05, 0.1) is 7.11 Å². The van der Waals surface area contributed by atoms with E-state index in [1.807, 2.05) is 23.9 Å². The quantitative estimate of drug-likeness (QED) is 0.871. The summed E-state index contributed by atoms with van der Waals surface area (Å²) < 4.78 is 11.5. The van der Waals surface area contributed by atoms with Gasteiger partial charge in [-0.15, -0.1) is 0 Å². The molecule has 0 amide bonds. The first-order valence-electron chi connectivity index (χ1n) is 6.85. The van der Waals surface area contributed by atoms with Crippen LogP contribution in [0.2, 0.25) is 0 Å². The molecule has 19 heavy (non-hydrogen) atoms. The predicted octanol–water partition coefficient (Wildman–Crippen LogP) is 2.89. The van der Waals surface area contributed by atoms with Crippen molar-refractivity contribution in [1.29, 1.82) is 0 Å². The molecule has 0 spiro atoms. The maximum atomic E-state index is 8.87. The first kappa shape index (κ1) is 14.5. The molecule has 1 saturated heterocycles. The highest BCUT2D eigenvalue weighted by Crippen LogP contribution is 2.31. The second kappa shape index (κ2) is 7.65. The summed E-state index contributed by atoms with van der Waals surface area (Å²) in [5, 5.41) is 8.87. The molecular formula is C15H22O3S. The number of ether oxygens (including phenoxy) is 2. The van der Waals surface area contributed by atoms with Crippen LogP contribution in [-0.2, 0) is 6.42 Å². The zero-order chi connectivity index (χ0) is 13.5. The number of rotatable bonds is 6. The van der Waals surface area contributed by atoms with Crippen molar-refractivity contribution in [2.45, 2.75) is 31.8 Å². The van der Waals surface area contributed by atoms with Crippen LogP contribution in [0.5, 0.6) is 11.5 Å². The highest BCUT2D eigenvalue weighted by molar-refractivity contribution is 7.99. The fourth-order valence-electron chi connectivity index (χ4n) is 2.22. The van der Waals surface area contributed by atoms with E-state index in [1.54, 1.807) is 7.11 Å². The van der Waals surface area contributed by atoms with Crippen LogP contribution in [0.25, 0.3) is 0 Å². The minimum atomic E-state index is 0.223. The van der Waals surface area contributed by atoms with Crippen LogP contribution in [-0.4, -0.2) is 36.4 Å². The van der Waals surface area contributed by atoms with Crippen LogP contribution in [0.1, 0.15) is 24.8 Å². The summed E-state index contributed by atoms with van der Waals surface area (Å²) in [7, 11) is 1.68. The molecule has 1 aliphatic rings. The summed E-state index contributed by atoms with van der Waals surface area (Å²) in [5.74, 6) is 4.00. The van der Waals surface area contributed by atoms with E-state index in [0.29, 0.717) is 6.10 Å². The summed E-state index contributed by atoms with van der Waals surface area (Å²) in [6.45, 7) is 0.223. The monoisotopic (exact) mass is 282 g/mol. The molecule has 4 heteroatoms. The molecule has 3 nitrogen and oxygen atoms in total. The first-order chi connectivity index (χ1) is 9.33. The average Bonchev–Trinajstić information content (AvgIpc) is 2.47. The van der Waals surface area contributed by atoms with Gasteiger partial charge < -0.3 is 14.6 Å². The van der Waals surface area contributed by atoms with E-state index in [9.17, 15) is 0 Å². The first-order valence-corrected chi connectivity index (χ1v) is 8.01. The van der Waals surface area contributed by atoms with Gasteiger partial charge in [-0.3, -0.25) is 0 Å². The molecule has 2 rings (SSSR count). The minimum Gasteiger partial charge on any atom is -0.493 e. The third-order valence-electron chi connectivity index (χ3n) is 3.31. The van der Waals surface area contributed by atoms with Gasteiger partial charge in [-0.25, -0.2) is 0 Å². The molecule has 1 N–H and O–H groups in total. The van der Waals surface area contributed by atoms with Crippen LogP contribution in [0.4, 0.5) is 0 Å². The van der Waals surface area contributed by atoms with Crippen molar-refractivity contribution in [2.75, 3.05) is 25.2 Å². The number of aliphatic hydroxyl groups excluding tert-OH is 1. The van der Waals surface area contributed by atoms with E-state index in [2.05, 4.69) is 6.07 Å². The molecule has 106 valence electrons. The summed E-state index contributed by atoms with van der Waals surface area (Å²) in [6.07, 6.45) is 4.19. The largest absolute Gasteiger partial charge is 0.493 e. The second-order valence-electron chi connectivity index (χ2n) is 4.74. The molecule has 0 bridgehead atoms. The number of aryl methyl sites for hydroxylation is 1. The number of aliphatic hydroxyl groups is 1. The highest BCUT2D eigenvalue weighted by atomic mass is 32.2. The lowest BCUT2D eigenvalue weighted by molar-refractivity contribution is 0.184. The zero-order valence-electron chi connectivity index (χ0n) is 11.4. The average molecular weight is 282 g/mol. The Hall–Kier alpha value is -0.870. The van der Waals surface area contributed by atoms with E-state index in [-0.39, 0.29) is 6.61 Å². The van der Waals surface area contributed by atoms with Crippen LogP contribution in [0.15, 0.2) is 18.2 Å². The van der Waals surface area contributed by atoms with Crippen molar-refractivity contribution >= 4 is 11.8 Å². The maximum absolute atomic E-state index is 8.87. The zero-order valence-corrected chi connectivity index (χ0v) is 12.2. The Labute approximate surface area is 119 Å². The van der Waals surface area contributed by atoms with Gasteiger partial charge in [-0.1, -0.05) is 6.07 Å². The number of hydrogen-bond acceptors (Lipinski definition) is 4. The lowest BCUT2D eigenvalue weighted by atomic mass is 10.1. The Bertz CT molecular complexity index is 389. The van der Waals surface area contributed by atoms with E-state index in [0.717, 1.165) is 37.2 Å². The second-order valence-corrected chi connectivity index (χ2v) is 5.97. The van der Waals surface area contributed by atoms with Gasteiger partial charge in [0.2, 0.25) is 0 Å². The van der Waals surface area contributed by atoms with E-state index >= 15 is 0 Å². The van der Waals surface area contributed by atoms with Gasteiger partial charge in [-0.05, 0) is 54.9 Å². The van der Waals surface area contributed by atoms with Crippen molar-refractivity contribution in [3.05, 3.63) is 23.8 Å². The molecule has 1 aromatic rings. The number of benzene rings is 1. The van der Waals surface area contributed by atoms with Crippen molar-refractivity contribution < 1.29 is 14.6 Å². The van der Waals surface area contributed by atoms with E-state index in [1.165, 1.54) is 17.1 Å². The molecule has 1 fully saturated rings. The molecule has 0 atom stereocenters. The van der Waals surface area contributed by atoms with E-state index < -0.39 is 0 Å². The molecule has 1 aromatic carbocycles. The summed E-state index contributed by atoms with van der Waals surface area (Å²) >= 11 is 2.00. The Kier molecular flexibility index (Phi) is 5.86. The van der Waals surface area contributed by atoms with Crippen molar-refractivity contribution in [1.82, 2.24) is 0 Å². The van der Waals surface area contributed by atoms with Crippen LogP contribution in [0.3, 0.4) is 0 Å². The lowest BCUT2D eigenvalue weighted by Gasteiger charge is -2.24. The Morgan fingerprint density at radius 1 is 1.26 bits per heavy atom. The minimum absolute atomic E-state index is 0.223. The van der Waals surface area contributed by atoms with Crippen molar-refractivity contribution in [3.8, 4) is 11.5 Å². The van der Waals surface area contributed by atoms with Crippen LogP contribution < -0.4 is 9.47 Å². The highest BCUT2D eigenvalue weighted by Gasteiger charge is 2.17. The predicted molar refractivity (Wildman–Crippen MR) is 79.4 cm³/mol. The number of thioether (sulfide) groups is 1. The molecule has 0 saturated carbocycles. The van der Waals surface area contributed by atoms with Gasteiger partial charge in [0.15, 0.2) is 11.5 Å². The van der Waals surface area contributed by atoms with Gasteiger partial charge in [-0.2, -0.15) is 11.8 Å². The summed E-state index contributed by atoms with van der Waals surface area (Å²) in [5.41, 5.74) is 1.18. The summed E-state index contributed by atoms with van der Waals surface area (Å²) in [4.78, 5) is 0. The maximum Gasteiger partial charge on any atom is 0.161 e. The molecule has 1 heterocycles. The fraction of sp³-hybridized carbons (Fsp3) is 0.600. The topological polar surface area (TPSA) is 38.7 Å². The molecular weight excluding hydrogens is 260 g/mol. The van der Waals surface area contributed by atoms with E-state index in [4.69, 9.17) is 14.6 Å². The number of methoxy groups -OCH3 is 1. The molecule has 0 aliphatic carbocycles. The van der Waals surface area contributed by atoms with Crippen LogP contribution in [0, 0.1) is 0 Å². The van der Waals surface area contributed by atoms with Crippen molar-refractivity contribution in [2.24, 2.45) is 0 Å². The van der Waals surface area contributed by atoms with Gasteiger partial charge >= 0.3 is 0 Å². The van der Waals surface area contributed by atoms with Gasteiger partial charge in [0.25, 0.3) is 0 Å². The molecule has 1 aliphatic heterocycles. The van der Waals surface area contributed by atoms with Crippen molar-refractivity contribution in [3.63, 3.8) is 0 Å².